The Morgan fingerprint density at radius 2 is 1.76 bits per heavy atom. The molecule has 1 fully saturated rings. The number of rotatable bonds is 4. The van der Waals surface area contributed by atoms with E-state index in [1.165, 1.54) is 4.90 Å². The van der Waals surface area contributed by atoms with E-state index in [2.05, 4.69) is 5.32 Å². The summed E-state index contributed by atoms with van der Waals surface area (Å²) in [5.41, 5.74) is 5.14. The maximum Gasteiger partial charge on any atom is 0.325 e. The smallest absolute Gasteiger partial charge is 0.325 e. The van der Waals surface area contributed by atoms with Crippen molar-refractivity contribution in [2.45, 2.75) is 18.6 Å². The van der Waals surface area contributed by atoms with E-state index in [9.17, 15) is 19.2 Å². The average Bonchev–Trinajstić information content (AvgIpc) is 3.06. The number of primary amides is 1. The van der Waals surface area contributed by atoms with E-state index < -0.39 is 41.9 Å². The highest BCUT2D eigenvalue weighted by molar-refractivity contribution is 6.11. The predicted molar refractivity (Wildman–Crippen MR) is 124 cm³/mol. The van der Waals surface area contributed by atoms with Crippen LogP contribution in [0.15, 0.2) is 66.7 Å². The fourth-order valence-corrected chi connectivity index (χ4v) is 4.38. The van der Waals surface area contributed by atoms with E-state index in [0.717, 1.165) is 15.7 Å². The molecule has 0 aromatic heterocycles. The van der Waals surface area contributed by atoms with Gasteiger partial charge in [-0.05, 0) is 41.5 Å². The van der Waals surface area contributed by atoms with E-state index in [1.807, 2.05) is 36.4 Å². The Morgan fingerprint density at radius 1 is 1.06 bits per heavy atom. The molecule has 0 aliphatic carbocycles. The second-order valence-corrected chi connectivity index (χ2v) is 8.49. The lowest BCUT2D eigenvalue weighted by atomic mass is 9.90. The van der Waals surface area contributed by atoms with Gasteiger partial charge in [0.1, 0.15) is 17.8 Å². The van der Waals surface area contributed by atoms with Crippen molar-refractivity contribution in [2.75, 3.05) is 18.0 Å². The van der Waals surface area contributed by atoms with Crippen LogP contribution in [0.25, 0.3) is 10.8 Å². The van der Waals surface area contributed by atoms with Crippen molar-refractivity contribution in [3.8, 4) is 5.75 Å². The molecule has 2 aliphatic rings. The van der Waals surface area contributed by atoms with Gasteiger partial charge in [-0.25, -0.2) is 4.79 Å². The molecule has 2 heterocycles. The average molecular weight is 458 g/mol. The molecule has 0 saturated carbocycles. The summed E-state index contributed by atoms with van der Waals surface area (Å²) in [7, 11) is 0. The van der Waals surface area contributed by atoms with Crippen molar-refractivity contribution < 1.29 is 23.9 Å². The second kappa shape index (κ2) is 7.87. The van der Waals surface area contributed by atoms with E-state index in [4.69, 9.17) is 10.5 Å². The van der Waals surface area contributed by atoms with Crippen molar-refractivity contribution >= 4 is 40.2 Å². The lowest BCUT2D eigenvalue weighted by molar-refractivity contribution is -0.134. The molecular formula is C25H22N4O5. The van der Waals surface area contributed by atoms with Crippen LogP contribution in [0, 0.1) is 0 Å². The van der Waals surface area contributed by atoms with Crippen LogP contribution in [-0.4, -0.2) is 47.8 Å². The zero-order valence-electron chi connectivity index (χ0n) is 18.4. The van der Waals surface area contributed by atoms with Gasteiger partial charge in [0.05, 0.1) is 12.2 Å². The number of carbonyl (C=O) groups excluding carboxylic acids is 4. The van der Waals surface area contributed by atoms with Gasteiger partial charge in [-0.1, -0.05) is 48.5 Å². The van der Waals surface area contributed by atoms with Gasteiger partial charge in [0.25, 0.3) is 11.8 Å². The van der Waals surface area contributed by atoms with Crippen molar-refractivity contribution in [1.82, 2.24) is 10.2 Å². The third kappa shape index (κ3) is 3.42. The Labute approximate surface area is 195 Å². The fraction of sp³-hybridized carbons (Fsp3) is 0.200. The topological polar surface area (TPSA) is 122 Å². The van der Waals surface area contributed by atoms with Crippen LogP contribution < -0.4 is 20.7 Å². The Kier molecular flexibility index (Phi) is 4.97. The number of hydrogen-bond donors (Lipinski definition) is 2. The summed E-state index contributed by atoms with van der Waals surface area (Å²) >= 11 is 0. The van der Waals surface area contributed by atoms with Gasteiger partial charge >= 0.3 is 6.03 Å². The molecule has 2 atom stereocenters. The maximum absolute atomic E-state index is 13.4. The first-order valence-corrected chi connectivity index (χ1v) is 10.8. The lowest BCUT2D eigenvalue weighted by Crippen LogP contribution is -2.52. The van der Waals surface area contributed by atoms with Crippen molar-refractivity contribution in [3.05, 3.63) is 72.3 Å². The van der Waals surface area contributed by atoms with Crippen LogP contribution in [0.4, 0.5) is 10.5 Å². The number of nitrogens with zero attached hydrogens (tertiary/aromatic N) is 2. The first kappa shape index (κ1) is 21.4. The summed E-state index contributed by atoms with van der Waals surface area (Å²) in [5, 5.41) is 4.67. The van der Waals surface area contributed by atoms with Crippen LogP contribution in [0.2, 0.25) is 0 Å². The van der Waals surface area contributed by atoms with Gasteiger partial charge in [-0.3, -0.25) is 19.3 Å². The summed E-state index contributed by atoms with van der Waals surface area (Å²) in [6, 6.07) is 19.3. The minimum Gasteiger partial charge on any atom is -0.477 e. The van der Waals surface area contributed by atoms with Crippen LogP contribution in [0.1, 0.15) is 12.5 Å². The molecule has 172 valence electrons. The fourth-order valence-electron chi connectivity index (χ4n) is 4.38. The van der Waals surface area contributed by atoms with Gasteiger partial charge in [-0.15, -0.1) is 0 Å². The Hall–Kier alpha value is -4.40. The number of nitrogens with two attached hydrogens (primary N) is 1. The normalized spacial score (nSPS) is 21.7. The van der Waals surface area contributed by atoms with E-state index in [-0.39, 0.29) is 6.54 Å². The summed E-state index contributed by atoms with van der Waals surface area (Å²) in [6.07, 6.45) is -1.04. The highest BCUT2D eigenvalue weighted by Gasteiger charge is 2.50. The molecule has 1 saturated heterocycles. The summed E-state index contributed by atoms with van der Waals surface area (Å²) < 4.78 is 5.58. The van der Waals surface area contributed by atoms with Crippen LogP contribution >= 0.6 is 0 Å². The monoisotopic (exact) mass is 458 g/mol. The standard InChI is InChI=1S/C25H22N4O5/c1-25(17-11-10-15-6-2-3-7-16(15)12-17)23(32)29(24(33)27-25)14-21(30)28-13-20(22(26)31)34-19-9-5-4-8-18(19)28/h2-12,20H,13-14H2,1H3,(H2,26,31)(H,27,33)/t20-,25-/m0/s1. The zero-order chi connectivity index (χ0) is 24.0. The number of ether oxygens (including phenoxy) is 1. The quantitative estimate of drug-likeness (QED) is 0.578. The number of anilines is 1. The van der Waals surface area contributed by atoms with Crippen LogP contribution in [-0.2, 0) is 19.9 Å². The Morgan fingerprint density at radius 3 is 2.53 bits per heavy atom. The van der Waals surface area contributed by atoms with Gasteiger partial charge in [-0.2, -0.15) is 0 Å². The molecule has 0 unspecified atom stereocenters. The maximum atomic E-state index is 13.4. The van der Waals surface area contributed by atoms with Gasteiger partial charge in [0.2, 0.25) is 5.91 Å². The molecule has 3 aromatic carbocycles. The summed E-state index contributed by atoms with van der Waals surface area (Å²) in [4.78, 5) is 53.4. The largest absolute Gasteiger partial charge is 0.477 e. The molecule has 34 heavy (non-hydrogen) atoms. The summed E-state index contributed by atoms with van der Waals surface area (Å²) in [5.74, 6) is -1.46. The number of nitrogens with one attached hydrogen (secondary N) is 1. The lowest BCUT2D eigenvalue weighted by Gasteiger charge is -2.34. The number of hydrogen-bond acceptors (Lipinski definition) is 5. The Bertz CT molecular complexity index is 1360. The molecule has 5 amide bonds. The number of carbonyl (C=O) groups is 4. The highest BCUT2D eigenvalue weighted by atomic mass is 16.5. The molecule has 5 rings (SSSR count). The SMILES string of the molecule is C[C@@]1(c2ccc3ccccc3c2)NC(=O)N(CC(=O)N2C[C@@H](C(N)=O)Oc3ccccc32)C1=O. The number of fused-ring (bicyclic) bond motifs is 2. The zero-order valence-corrected chi connectivity index (χ0v) is 18.4. The van der Waals surface area contributed by atoms with Gasteiger partial charge in [0, 0.05) is 0 Å². The van der Waals surface area contributed by atoms with Gasteiger partial charge < -0.3 is 20.7 Å². The first-order chi connectivity index (χ1) is 16.3. The molecule has 0 spiro atoms. The number of benzene rings is 3. The second-order valence-electron chi connectivity index (χ2n) is 8.49. The van der Waals surface area contributed by atoms with Crippen LogP contribution in [0.3, 0.4) is 0 Å². The first-order valence-electron chi connectivity index (χ1n) is 10.8. The minimum atomic E-state index is -1.32. The molecule has 9 nitrogen and oxygen atoms in total. The molecule has 9 heteroatoms. The molecule has 2 aliphatic heterocycles. The van der Waals surface area contributed by atoms with E-state index in [1.54, 1.807) is 37.3 Å². The predicted octanol–water partition coefficient (Wildman–Crippen LogP) is 1.89. The number of urea groups is 1. The van der Waals surface area contributed by atoms with Gasteiger partial charge in [0.15, 0.2) is 6.10 Å². The molecule has 0 radical (unpaired) electrons. The van der Waals surface area contributed by atoms with Crippen LogP contribution in [0.5, 0.6) is 5.75 Å². The third-order valence-corrected chi connectivity index (χ3v) is 6.29. The highest BCUT2D eigenvalue weighted by Crippen LogP contribution is 2.34. The summed E-state index contributed by atoms with van der Waals surface area (Å²) in [6.45, 7) is 1.01. The third-order valence-electron chi connectivity index (χ3n) is 6.29. The van der Waals surface area contributed by atoms with Crippen molar-refractivity contribution in [3.63, 3.8) is 0 Å². The number of imide groups is 1. The number of para-hydroxylation sites is 2. The number of amides is 5. The molecule has 3 N–H and O–H groups in total. The van der Waals surface area contributed by atoms with E-state index >= 15 is 0 Å². The van der Waals surface area contributed by atoms with E-state index in [0.29, 0.717) is 17.0 Å². The molecule has 0 bridgehead atoms. The van der Waals surface area contributed by atoms with Crippen molar-refractivity contribution in [2.24, 2.45) is 5.73 Å². The molecular weight excluding hydrogens is 436 g/mol. The minimum absolute atomic E-state index is 0.114. The van der Waals surface area contributed by atoms with Crippen molar-refractivity contribution in [1.29, 1.82) is 0 Å². The molecule has 3 aromatic rings. The Balaban J connectivity index is 1.41.